The molecule has 3 atom stereocenters. The topological polar surface area (TPSA) is 119 Å². The third-order valence-corrected chi connectivity index (χ3v) is 5.13. The van der Waals surface area contributed by atoms with E-state index in [-0.39, 0.29) is 36.3 Å². The number of esters is 1. The first-order valence-corrected chi connectivity index (χ1v) is 9.44. The average Bonchev–Trinajstić information content (AvgIpc) is 2.98. The number of aliphatic hydroxyl groups is 1. The zero-order valence-corrected chi connectivity index (χ0v) is 15.9. The number of β-amino-alcohol motifs (C(OH)–C–C–N with tert-alkyl or cyclic N) is 1. The number of hydrogen-bond donors (Lipinski definition) is 1. The number of ether oxygens (including phenoxy) is 2. The van der Waals surface area contributed by atoms with Gasteiger partial charge in [0.2, 0.25) is 0 Å². The molecule has 0 radical (unpaired) electrons. The second kappa shape index (κ2) is 9.56. The zero-order valence-electron chi connectivity index (χ0n) is 15.1. The lowest BCUT2D eigenvalue weighted by Gasteiger charge is -2.24. The number of carbonyl (C=O) groups excluding carboxylic acids is 2. The second-order valence-electron chi connectivity index (χ2n) is 6.18. The van der Waals surface area contributed by atoms with Crippen LogP contribution in [0.4, 0.5) is 10.5 Å². The Morgan fingerprint density at radius 3 is 2.67 bits per heavy atom. The standard InChI is InChI=1S/C17H22N2O7S/c1-11(20)26-12(2)27-10-15-7-16(21)8-18(15)17(22)25-9-13-3-5-14(6-4-13)19(23)24/h3-6,12,15-16,21H,7-10H2,1-2H3/t12?,15-,16-/m0/s1. The van der Waals surface area contributed by atoms with E-state index >= 15 is 0 Å². The van der Waals surface area contributed by atoms with Crippen molar-refractivity contribution in [3.05, 3.63) is 39.9 Å². The molecule has 1 unspecified atom stereocenters. The predicted molar refractivity (Wildman–Crippen MR) is 98.1 cm³/mol. The molecule has 148 valence electrons. The van der Waals surface area contributed by atoms with Crippen LogP contribution in [0.25, 0.3) is 0 Å². The number of benzene rings is 1. The molecule has 1 heterocycles. The van der Waals surface area contributed by atoms with Gasteiger partial charge in [0.1, 0.15) is 12.0 Å². The lowest BCUT2D eigenvalue weighted by Crippen LogP contribution is -2.38. The highest BCUT2D eigenvalue weighted by Gasteiger charge is 2.35. The Kier molecular flexibility index (Phi) is 7.43. The molecule has 27 heavy (non-hydrogen) atoms. The van der Waals surface area contributed by atoms with Crippen LogP contribution in [-0.4, -0.2) is 56.9 Å². The van der Waals surface area contributed by atoms with Crippen LogP contribution in [0.5, 0.6) is 0 Å². The van der Waals surface area contributed by atoms with Gasteiger partial charge in [-0.25, -0.2) is 4.79 Å². The third-order valence-electron chi connectivity index (χ3n) is 3.99. The summed E-state index contributed by atoms with van der Waals surface area (Å²) in [5, 5.41) is 20.5. The molecule has 1 aromatic rings. The molecule has 1 aliphatic rings. The summed E-state index contributed by atoms with van der Waals surface area (Å²) in [6, 6.07) is 5.51. The molecule has 1 N–H and O–H groups in total. The Hall–Kier alpha value is -2.33. The number of nitro groups is 1. The van der Waals surface area contributed by atoms with Crippen molar-refractivity contribution < 1.29 is 29.1 Å². The number of carbonyl (C=O) groups is 2. The maximum atomic E-state index is 12.4. The van der Waals surface area contributed by atoms with Gasteiger partial charge < -0.3 is 19.5 Å². The Balaban J connectivity index is 1.87. The number of likely N-dealkylation sites (tertiary alicyclic amines) is 1. The summed E-state index contributed by atoms with van der Waals surface area (Å²) in [7, 11) is 0. The van der Waals surface area contributed by atoms with Crippen molar-refractivity contribution in [3.63, 3.8) is 0 Å². The number of nitro benzene ring substituents is 1. The number of nitrogens with zero attached hydrogens (tertiary/aromatic N) is 2. The molecule has 0 saturated carbocycles. The van der Waals surface area contributed by atoms with Crippen LogP contribution in [0.2, 0.25) is 0 Å². The SMILES string of the molecule is CC(=O)OC(C)SC[C@@H]1C[C@H](O)CN1C(=O)OCc1ccc([N+](=O)[O-])cc1. The highest BCUT2D eigenvalue weighted by atomic mass is 32.2. The molecule has 9 nitrogen and oxygen atoms in total. The van der Waals surface area contributed by atoms with Gasteiger partial charge in [0, 0.05) is 30.9 Å². The van der Waals surface area contributed by atoms with Gasteiger partial charge in [0.05, 0.1) is 17.6 Å². The van der Waals surface area contributed by atoms with Crippen molar-refractivity contribution in [3.8, 4) is 0 Å². The van der Waals surface area contributed by atoms with Crippen LogP contribution in [0.1, 0.15) is 25.8 Å². The smallest absolute Gasteiger partial charge is 0.410 e. The Morgan fingerprint density at radius 1 is 1.41 bits per heavy atom. The van der Waals surface area contributed by atoms with Gasteiger partial charge in [-0.15, -0.1) is 11.8 Å². The summed E-state index contributed by atoms with van der Waals surface area (Å²) in [5.41, 5.74) is 0.244. The maximum Gasteiger partial charge on any atom is 0.410 e. The number of aliphatic hydroxyl groups excluding tert-OH is 1. The van der Waals surface area contributed by atoms with Crippen molar-refractivity contribution in [1.82, 2.24) is 4.90 Å². The Labute approximate surface area is 160 Å². The molecule has 10 heteroatoms. The largest absolute Gasteiger partial charge is 0.452 e. The number of amides is 1. The van der Waals surface area contributed by atoms with Gasteiger partial charge >= 0.3 is 12.1 Å². The first-order chi connectivity index (χ1) is 12.8. The monoisotopic (exact) mass is 398 g/mol. The summed E-state index contributed by atoms with van der Waals surface area (Å²) < 4.78 is 10.3. The number of hydrogen-bond acceptors (Lipinski definition) is 8. The quantitative estimate of drug-likeness (QED) is 0.322. The van der Waals surface area contributed by atoms with E-state index in [0.717, 1.165) is 0 Å². The summed E-state index contributed by atoms with van der Waals surface area (Å²) in [5.74, 6) is 0.124. The molecule has 1 fully saturated rings. The van der Waals surface area contributed by atoms with E-state index in [1.807, 2.05) is 0 Å². The van der Waals surface area contributed by atoms with Crippen LogP contribution in [-0.2, 0) is 20.9 Å². The fourth-order valence-electron chi connectivity index (χ4n) is 2.73. The lowest BCUT2D eigenvalue weighted by atomic mass is 10.2. The summed E-state index contributed by atoms with van der Waals surface area (Å²) in [4.78, 5) is 34.9. The molecule has 1 amide bonds. The lowest BCUT2D eigenvalue weighted by molar-refractivity contribution is -0.384. The van der Waals surface area contributed by atoms with Gasteiger partial charge in [-0.1, -0.05) is 0 Å². The first kappa shape index (κ1) is 21.0. The van der Waals surface area contributed by atoms with E-state index in [1.165, 1.54) is 47.9 Å². The van der Waals surface area contributed by atoms with E-state index in [1.54, 1.807) is 6.92 Å². The molecule has 1 aliphatic heterocycles. The van der Waals surface area contributed by atoms with E-state index in [0.29, 0.717) is 17.7 Å². The van der Waals surface area contributed by atoms with Gasteiger partial charge in [-0.05, 0) is 31.0 Å². The fourth-order valence-corrected chi connectivity index (χ4v) is 3.74. The molecule has 2 rings (SSSR count). The fraction of sp³-hybridized carbons (Fsp3) is 0.529. The van der Waals surface area contributed by atoms with Crippen LogP contribution in [0, 0.1) is 10.1 Å². The Morgan fingerprint density at radius 2 is 2.07 bits per heavy atom. The highest BCUT2D eigenvalue weighted by Crippen LogP contribution is 2.25. The van der Waals surface area contributed by atoms with Gasteiger partial charge in [0.25, 0.3) is 5.69 Å². The van der Waals surface area contributed by atoms with Crippen molar-refractivity contribution in [2.45, 2.75) is 44.5 Å². The molecular formula is C17H22N2O7S. The van der Waals surface area contributed by atoms with Crippen molar-refractivity contribution in [1.29, 1.82) is 0 Å². The summed E-state index contributed by atoms with van der Waals surface area (Å²) in [6.07, 6.45) is -0.769. The van der Waals surface area contributed by atoms with Crippen molar-refractivity contribution in [2.24, 2.45) is 0 Å². The van der Waals surface area contributed by atoms with Crippen LogP contribution in [0.3, 0.4) is 0 Å². The minimum Gasteiger partial charge on any atom is -0.452 e. The van der Waals surface area contributed by atoms with E-state index in [4.69, 9.17) is 9.47 Å². The maximum absolute atomic E-state index is 12.4. The van der Waals surface area contributed by atoms with E-state index < -0.39 is 17.1 Å². The molecule has 1 aromatic carbocycles. The van der Waals surface area contributed by atoms with Crippen LogP contribution < -0.4 is 0 Å². The van der Waals surface area contributed by atoms with Crippen molar-refractivity contribution in [2.75, 3.05) is 12.3 Å². The average molecular weight is 398 g/mol. The van der Waals surface area contributed by atoms with Crippen LogP contribution >= 0.6 is 11.8 Å². The van der Waals surface area contributed by atoms with Gasteiger partial charge in [-0.2, -0.15) is 0 Å². The minimum absolute atomic E-state index is 0.0207. The second-order valence-corrected chi connectivity index (χ2v) is 7.51. The first-order valence-electron chi connectivity index (χ1n) is 8.40. The Bertz CT molecular complexity index is 682. The van der Waals surface area contributed by atoms with E-state index in [9.17, 15) is 24.8 Å². The normalized spacial score (nSPS) is 20.2. The number of rotatable bonds is 7. The van der Waals surface area contributed by atoms with Gasteiger partial charge in [-0.3, -0.25) is 14.9 Å². The number of non-ortho nitro benzene ring substituents is 1. The molecule has 0 aliphatic carbocycles. The molecule has 0 bridgehead atoms. The highest BCUT2D eigenvalue weighted by molar-refractivity contribution is 7.99. The molecule has 0 aromatic heterocycles. The predicted octanol–water partition coefficient (Wildman–Crippen LogP) is 2.31. The molecule has 1 saturated heterocycles. The van der Waals surface area contributed by atoms with Gasteiger partial charge in [0.15, 0.2) is 0 Å². The number of thioether (sulfide) groups is 1. The summed E-state index contributed by atoms with van der Waals surface area (Å²) in [6.45, 7) is 3.23. The van der Waals surface area contributed by atoms with Crippen LogP contribution in [0.15, 0.2) is 24.3 Å². The molecule has 0 spiro atoms. The van der Waals surface area contributed by atoms with E-state index in [2.05, 4.69) is 0 Å². The summed E-state index contributed by atoms with van der Waals surface area (Å²) >= 11 is 1.38. The zero-order chi connectivity index (χ0) is 20.0. The molecular weight excluding hydrogens is 376 g/mol. The third kappa shape index (κ3) is 6.40. The van der Waals surface area contributed by atoms with Crippen molar-refractivity contribution >= 4 is 29.5 Å². The minimum atomic E-state index is -0.633.